The second kappa shape index (κ2) is 4.46. The average molecular weight is 251 g/mol. The fourth-order valence-corrected chi connectivity index (χ4v) is 4.17. The molecule has 84 valence electrons. The number of thioether (sulfide) groups is 1. The lowest BCUT2D eigenvalue weighted by Gasteiger charge is -2.11. The Hall–Kier alpha value is -0.400. The van der Waals surface area contributed by atoms with E-state index in [4.69, 9.17) is 11.6 Å². The number of halogens is 1. The molecule has 0 fully saturated rings. The normalized spacial score (nSPS) is 27.9. The Morgan fingerprint density at radius 2 is 2.19 bits per heavy atom. The number of allylic oxidation sites excluding steroid dienone is 2. The molecule has 0 aromatic heterocycles. The van der Waals surface area contributed by atoms with Crippen LogP contribution in [0.15, 0.2) is 40.8 Å². The first-order valence-electron chi connectivity index (χ1n) is 5.88. The van der Waals surface area contributed by atoms with Crippen molar-refractivity contribution in [1.82, 2.24) is 0 Å². The first-order valence-corrected chi connectivity index (χ1v) is 7.30. The molecular weight excluding hydrogens is 236 g/mol. The zero-order valence-electron chi connectivity index (χ0n) is 9.16. The van der Waals surface area contributed by atoms with E-state index in [1.165, 1.54) is 23.5 Å². The van der Waals surface area contributed by atoms with Gasteiger partial charge in [-0.05, 0) is 36.8 Å². The summed E-state index contributed by atoms with van der Waals surface area (Å²) in [6, 6.07) is 8.82. The Labute approximate surface area is 106 Å². The predicted octanol–water partition coefficient (Wildman–Crippen LogP) is 4.59. The highest BCUT2D eigenvalue weighted by molar-refractivity contribution is 7.99. The number of alkyl halides is 1. The third-order valence-electron chi connectivity index (χ3n) is 3.47. The summed E-state index contributed by atoms with van der Waals surface area (Å²) in [4.78, 5) is 1.48. The summed E-state index contributed by atoms with van der Waals surface area (Å²) in [6.45, 7) is 0. The zero-order chi connectivity index (χ0) is 11.0. The van der Waals surface area contributed by atoms with Crippen LogP contribution < -0.4 is 0 Å². The van der Waals surface area contributed by atoms with Crippen LogP contribution in [0.5, 0.6) is 0 Å². The Morgan fingerprint density at radius 3 is 3.00 bits per heavy atom. The minimum absolute atomic E-state index is 0.291. The monoisotopic (exact) mass is 250 g/mol. The van der Waals surface area contributed by atoms with E-state index in [1.54, 1.807) is 11.1 Å². The van der Waals surface area contributed by atoms with Gasteiger partial charge in [0.1, 0.15) is 0 Å². The van der Waals surface area contributed by atoms with Crippen molar-refractivity contribution in [2.75, 3.05) is 5.75 Å². The molecule has 2 atom stereocenters. The molecule has 16 heavy (non-hydrogen) atoms. The Bertz CT molecular complexity index is 424. The summed E-state index contributed by atoms with van der Waals surface area (Å²) in [6.07, 6.45) is 5.83. The third kappa shape index (κ3) is 2.03. The van der Waals surface area contributed by atoms with Crippen molar-refractivity contribution in [2.24, 2.45) is 0 Å². The minimum atomic E-state index is 0.291. The van der Waals surface area contributed by atoms with Crippen LogP contribution in [0.1, 0.15) is 30.7 Å². The van der Waals surface area contributed by atoms with Gasteiger partial charge in [-0.2, -0.15) is 0 Å². The molecule has 0 spiro atoms. The molecule has 1 aromatic carbocycles. The minimum Gasteiger partial charge on any atom is -0.125 e. The first kappa shape index (κ1) is 10.7. The summed E-state index contributed by atoms with van der Waals surface area (Å²) in [5.41, 5.74) is 3.12. The van der Waals surface area contributed by atoms with E-state index >= 15 is 0 Å². The van der Waals surface area contributed by atoms with Crippen LogP contribution in [-0.2, 0) is 0 Å². The molecular formula is C14H15ClS. The van der Waals surface area contributed by atoms with Crippen molar-refractivity contribution >= 4 is 23.4 Å². The number of hydrogen-bond acceptors (Lipinski definition) is 1. The van der Waals surface area contributed by atoms with Gasteiger partial charge in [-0.3, -0.25) is 0 Å². The molecule has 0 N–H and O–H groups in total. The van der Waals surface area contributed by atoms with Crippen molar-refractivity contribution in [3.8, 4) is 0 Å². The van der Waals surface area contributed by atoms with Gasteiger partial charge in [0.05, 0.1) is 5.38 Å². The molecule has 0 amide bonds. The molecule has 1 heterocycles. The highest BCUT2D eigenvalue weighted by Crippen LogP contribution is 2.43. The van der Waals surface area contributed by atoms with E-state index in [0.29, 0.717) is 5.38 Å². The summed E-state index contributed by atoms with van der Waals surface area (Å²) < 4.78 is 0. The van der Waals surface area contributed by atoms with Gasteiger partial charge < -0.3 is 0 Å². The van der Waals surface area contributed by atoms with Gasteiger partial charge in [-0.25, -0.2) is 0 Å². The summed E-state index contributed by atoms with van der Waals surface area (Å²) >= 11 is 8.11. The molecule has 0 saturated carbocycles. The number of hydrogen-bond donors (Lipinski definition) is 0. The molecule has 0 nitrogen and oxygen atoms in total. The van der Waals surface area contributed by atoms with Gasteiger partial charge >= 0.3 is 0 Å². The molecule has 0 radical (unpaired) electrons. The summed E-state index contributed by atoms with van der Waals surface area (Å²) in [7, 11) is 0. The van der Waals surface area contributed by atoms with Gasteiger partial charge in [0.15, 0.2) is 0 Å². The molecule has 2 heteroatoms. The molecule has 1 aromatic rings. The van der Waals surface area contributed by atoms with Crippen LogP contribution in [0.2, 0.25) is 0 Å². The smallest absolute Gasteiger partial charge is 0.0521 e. The van der Waals surface area contributed by atoms with E-state index in [2.05, 4.69) is 30.3 Å². The van der Waals surface area contributed by atoms with Crippen molar-refractivity contribution < 1.29 is 0 Å². The SMILES string of the molecule is ClC1C=C(CC2CSc3ccccc32)CC1. The van der Waals surface area contributed by atoms with Gasteiger partial charge in [-0.15, -0.1) is 23.4 Å². The van der Waals surface area contributed by atoms with E-state index in [9.17, 15) is 0 Å². The summed E-state index contributed by atoms with van der Waals surface area (Å²) in [5, 5.41) is 0.291. The zero-order valence-corrected chi connectivity index (χ0v) is 10.7. The number of fused-ring (bicyclic) bond motifs is 1. The van der Waals surface area contributed by atoms with Crippen LogP contribution in [0.3, 0.4) is 0 Å². The van der Waals surface area contributed by atoms with Crippen molar-refractivity contribution in [3.63, 3.8) is 0 Å². The van der Waals surface area contributed by atoms with Gasteiger partial charge in [-0.1, -0.05) is 29.8 Å². The van der Waals surface area contributed by atoms with Gasteiger partial charge in [0.25, 0.3) is 0 Å². The lowest BCUT2D eigenvalue weighted by Crippen LogP contribution is -1.97. The topological polar surface area (TPSA) is 0 Å². The molecule has 2 aliphatic rings. The quantitative estimate of drug-likeness (QED) is 0.546. The lowest BCUT2D eigenvalue weighted by molar-refractivity contribution is 0.739. The van der Waals surface area contributed by atoms with Crippen LogP contribution in [0, 0.1) is 0 Å². The maximum absolute atomic E-state index is 6.11. The summed E-state index contributed by atoms with van der Waals surface area (Å²) in [5.74, 6) is 1.96. The first-order chi connectivity index (χ1) is 7.83. The second-order valence-electron chi connectivity index (χ2n) is 4.63. The van der Waals surface area contributed by atoms with Crippen LogP contribution >= 0.6 is 23.4 Å². The van der Waals surface area contributed by atoms with E-state index in [-0.39, 0.29) is 0 Å². The fourth-order valence-electron chi connectivity index (χ4n) is 2.63. The predicted molar refractivity (Wildman–Crippen MR) is 71.5 cm³/mol. The Kier molecular flexibility index (Phi) is 2.99. The van der Waals surface area contributed by atoms with Crippen LogP contribution in [0.4, 0.5) is 0 Å². The second-order valence-corrected chi connectivity index (χ2v) is 6.25. The standard InChI is InChI=1S/C14H15ClS/c15-12-6-5-10(8-12)7-11-9-16-14-4-2-1-3-13(11)14/h1-4,8,11-12H,5-7,9H2. The Balaban J connectivity index is 1.76. The fraction of sp³-hybridized carbons (Fsp3) is 0.429. The maximum atomic E-state index is 6.11. The number of benzene rings is 1. The largest absolute Gasteiger partial charge is 0.125 e. The molecule has 1 aliphatic carbocycles. The molecule has 3 rings (SSSR count). The van der Waals surface area contributed by atoms with Gasteiger partial charge in [0, 0.05) is 10.6 Å². The van der Waals surface area contributed by atoms with E-state index in [1.807, 2.05) is 11.8 Å². The highest BCUT2D eigenvalue weighted by Gasteiger charge is 2.25. The van der Waals surface area contributed by atoms with Crippen LogP contribution in [-0.4, -0.2) is 11.1 Å². The number of rotatable bonds is 2. The highest BCUT2D eigenvalue weighted by atomic mass is 35.5. The van der Waals surface area contributed by atoms with Crippen LogP contribution in [0.25, 0.3) is 0 Å². The van der Waals surface area contributed by atoms with Crippen molar-refractivity contribution in [3.05, 3.63) is 41.5 Å². The molecule has 0 saturated heterocycles. The Morgan fingerprint density at radius 1 is 1.31 bits per heavy atom. The van der Waals surface area contributed by atoms with E-state index < -0.39 is 0 Å². The van der Waals surface area contributed by atoms with Gasteiger partial charge in [0.2, 0.25) is 0 Å². The maximum Gasteiger partial charge on any atom is 0.0521 e. The third-order valence-corrected chi connectivity index (χ3v) is 5.06. The lowest BCUT2D eigenvalue weighted by atomic mass is 9.93. The average Bonchev–Trinajstić information content (AvgIpc) is 2.87. The molecule has 1 aliphatic heterocycles. The van der Waals surface area contributed by atoms with E-state index in [0.717, 1.165) is 12.3 Å². The molecule has 2 unspecified atom stereocenters. The van der Waals surface area contributed by atoms with Crippen molar-refractivity contribution in [1.29, 1.82) is 0 Å². The van der Waals surface area contributed by atoms with Crippen molar-refractivity contribution in [2.45, 2.75) is 35.5 Å². The molecule has 0 bridgehead atoms.